The molecule has 3 heteroatoms. The van der Waals surface area contributed by atoms with Crippen LogP contribution in [0.5, 0.6) is 0 Å². The summed E-state index contributed by atoms with van der Waals surface area (Å²) in [4.78, 5) is 20.9. The molecule has 0 heterocycles. The van der Waals surface area contributed by atoms with Crippen LogP contribution in [0.3, 0.4) is 0 Å². The van der Waals surface area contributed by atoms with Gasteiger partial charge in [-0.1, -0.05) is 55.0 Å². The molecular weight excluding hydrogens is 244 g/mol. The van der Waals surface area contributed by atoms with Crippen LogP contribution < -0.4 is 0 Å². The predicted octanol–water partition coefficient (Wildman–Crippen LogP) is 3.27. The van der Waals surface area contributed by atoms with Gasteiger partial charge in [0.1, 0.15) is 11.1 Å². The van der Waals surface area contributed by atoms with Crippen LogP contribution in [0.4, 0.5) is 0 Å². The van der Waals surface area contributed by atoms with Gasteiger partial charge in [0.15, 0.2) is 5.78 Å². The van der Waals surface area contributed by atoms with E-state index in [1.807, 2.05) is 0 Å². The zero-order valence-electron chi connectivity index (χ0n) is 8.80. The minimum atomic E-state index is -0.585. The van der Waals surface area contributed by atoms with Gasteiger partial charge in [-0.15, -0.1) is 0 Å². The lowest BCUT2D eigenvalue weighted by Crippen LogP contribution is -2.14. The van der Waals surface area contributed by atoms with E-state index in [0.717, 1.165) is 12.8 Å². The van der Waals surface area contributed by atoms with Crippen molar-refractivity contribution in [2.45, 2.75) is 56.7 Å². The Balaban J connectivity index is 3.27. The van der Waals surface area contributed by atoms with E-state index in [-0.39, 0.29) is 5.78 Å². The minimum Gasteiger partial charge on any atom is -0.302 e. The molecule has 0 aromatic heterocycles. The Morgan fingerprint density at radius 3 is 2.36 bits per heavy atom. The van der Waals surface area contributed by atoms with E-state index in [0.29, 0.717) is 12.7 Å². The molecule has 0 N–H and O–H groups in total. The molecule has 0 aromatic carbocycles. The first kappa shape index (κ1) is 13.8. The first-order valence-electron chi connectivity index (χ1n) is 5.34. The van der Waals surface area contributed by atoms with Crippen molar-refractivity contribution in [3.05, 3.63) is 0 Å². The fourth-order valence-electron chi connectivity index (χ4n) is 1.29. The third-order valence-electron chi connectivity index (χ3n) is 2.20. The Morgan fingerprint density at radius 2 is 1.79 bits per heavy atom. The summed E-state index contributed by atoms with van der Waals surface area (Å²) in [7, 11) is 0. The molecule has 0 radical (unpaired) electrons. The maximum atomic E-state index is 11.2. The van der Waals surface area contributed by atoms with Crippen molar-refractivity contribution in [3.8, 4) is 0 Å². The van der Waals surface area contributed by atoms with Gasteiger partial charge in [0.2, 0.25) is 0 Å². The van der Waals surface area contributed by atoms with Crippen molar-refractivity contribution >= 4 is 28.0 Å². The Labute approximate surface area is 94.6 Å². The molecular formula is C11H19BrO2. The van der Waals surface area contributed by atoms with E-state index in [9.17, 15) is 9.59 Å². The molecule has 0 saturated carbocycles. The average molecular weight is 263 g/mol. The highest BCUT2D eigenvalue weighted by molar-refractivity contribution is 9.10. The summed E-state index contributed by atoms with van der Waals surface area (Å²) < 4.78 is 0. The highest BCUT2D eigenvalue weighted by atomic mass is 79.9. The summed E-state index contributed by atoms with van der Waals surface area (Å²) in [5.41, 5.74) is 0. The lowest BCUT2D eigenvalue weighted by Gasteiger charge is -2.01. The second kappa shape index (κ2) is 9.38. The fourth-order valence-corrected chi connectivity index (χ4v) is 1.52. The minimum absolute atomic E-state index is 0.00971. The quantitative estimate of drug-likeness (QED) is 0.277. The maximum Gasteiger partial charge on any atom is 0.153 e. The largest absolute Gasteiger partial charge is 0.302 e. The lowest BCUT2D eigenvalue weighted by atomic mass is 10.1. The molecule has 0 spiro atoms. The van der Waals surface area contributed by atoms with Gasteiger partial charge in [0, 0.05) is 6.42 Å². The summed E-state index contributed by atoms with van der Waals surface area (Å²) in [5.74, 6) is 0.00971. The molecule has 1 atom stereocenters. The fraction of sp³-hybridized carbons (Fsp3) is 0.818. The number of Topliss-reactive ketones (excluding diaryl/α,β-unsaturated/α-hetero) is 1. The monoisotopic (exact) mass is 262 g/mol. The Hall–Kier alpha value is -0.180. The summed E-state index contributed by atoms with van der Waals surface area (Å²) in [6.07, 6.45) is 8.19. The van der Waals surface area contributed by atoms with Gasteiger partial charge < -0.3 is 4.79 Å². The summed E-state index contributed by atoms with van der Waals surface area (Å²) in [5, 5.41) is 0. The summed E-state index contributed by atoms with van der Waals surface area (Å²) in [6.45, 7) is 2.18. The first-order valence-corrected chi connectivity index (χ1v) is 6.26. The molecule has 0 aliphatic carbocycles. The normalized spacial score (nSPS) is 12.4. The van der Waals surface area contributed by atoms with E-state index >= 15 is 0 Å². The van der Waals surface area contributed by atoms with Crippen LogP contribution in [0.1, 0.15) is 51.9 Å². The molecule has 0 saturated heterocycles. The van der Waals surface area contributed by atoms with Crippen molar-refractivity contribution in [2.24, 2.45) is 0 Å². The van der Waals surface area contributed by atoms with Crippen molar-refractivity contribution < 1.29 is 9.59 Å². The molecule has 0 aromatic rings. The number of rotatable bonds is 9. The third kappa shape index (κ3) is 7.25. The van der Waals surface area contributed by atoms with Gasteiger partial charge in [-0.3, -0.25) is 4.79 Å². The van der Waals surface area contributed by atoms with Crippen molar-refractivity contribution in [3.63, 3.8) is 0 Å². The molecule has 0 aliphatic rings. The molecule has 1 unspecified atom stereocenters. The number of carbonyl (C=O) groups excluding carboxylic acids is 2. The average Bonchev–Trinajstić information content (AvgIpc) is 2.21. The molecule has 0 rings (SSSR count). The number of alkyl halides is 1. The standard InChI is InChI=1S/C11H19BrO2/c1-2-3-4-5-6-7-8-11(14)10(12)9-13/h9-10H,2-8H2,1H3. The number of unbranched alkanes of at least 4 members (excludes halogenated alkanes) is 5. The van der Waals surface area contributed by atoms with Crippen LogP contribution in [0.15, 0.2) is 0 Å². The van der Waals surface area contributed by atoms with Gasteiger partial charge in [-0.25, -0.2) is 0 Å². The van der Waals surface area contributed by atoms with Crippen LogP contribution in [0, 0.1) is 0 Å². The second-order valence-electron chi connectivity index (χ2n) is 3.52. The van der Waals surface area contributed by atoms with Crippen LogP contribution >= 0.6 is 15.9 Å². The topological polar surface area (TPSA) is 34.1 Å². The molecule has 0 bridgehead atoms. The predicted molar refractivity (Wildman–Crippen MR) is 61.8 cm³/mol. The van der Waals surface area contributed by atoms with Crippen LogP contribution in [-0.2, 0) is 9.59 Å². The zero-order valence-corrected chi connectivity index (χ0v) is 10.4. The van der Waals surface area contributed by atoms with E-state index in [2.05, 4.69) is 22.9 Å². The van der Waals surface area contributed by atoms with Crippen molar-refractivity contribution in [1.82, 2.24) is 0 Å². The summed E-state index contributed by atoms with van der Waals surface area (Å²) >= 11 is 3.02. The van der Waals surface area contributed by atoms with Crippen molar-refractivity contribution in [1.29, 1.82) is 0 Å². The van der Waals surface area contributed by atoms with Crippen molar-refractivity contribution in [2.75, 3.05) is 0 Å². The summed E-state index contributed by atoms with van der Waals surface area (Å²) in [6, 6.07) is 0. The second-order valence-corrected chi connectivity index (χ2v) is 4.51. The highest BCUT2D eigenvalue weighted by Gasteiger charge is 2.11. The molecule has 0 amide bonds. The van der Waals surface area contributed by atoms with Gasteiger partial charge >= 0.3 is 0 Å². The molecule has 82 valence electrons. The van der Waals surface area contributed by atoms with Crippen LogP contribution in [0.2, 0.25) is 0 Å². The molecule has 2 nitrogen and oxygen atoms in total. The Bertz CT molecular complexity index is 169. The number of halogens is 1. The molecule has 0 aliphatic heterocycles. The SMILES string of the molecule is CCCCCCCCC(=O)C(Br)C=O. The van der Waals surface area contributed by atoms with Gasteiger partial charge in [0.05, 0.1) is 0 Å². The van der Waals surface area contributed by atoms with E-state index in [1.165, 1.54) is 25.7 Å². The first-order chi connectivity index (χ1) is 6.72. The van der Waals surface area contributed by atoms with Crippen LogP contribution in [0.25, 0.3) is 0 Å². The van der Waals surface area contributed by atoms with E-state index < -0.39 is 4.83 Å². The smallest absolute Gasteiger partial charge is 0.153 e. The van der Waals surface area contributed by atoms with Gasteiger partial charge in [0.25, 0.3) is 0 Å². The van der Waals surface area contributed by atoms with E-state index in [1.54, 1.807) is 0 Å². The van der Waals surface area contributed by atoms with Gasteiger partial charge in [-0.05, 0) is 6.42 Å². The number of carbonyl (C=O) groups is 2. The van der Waals surface area contributed by atoms with E-state index in [4.69, 9.17) is 0 Å². The Kier molecular flexibility index (Phi) is 9.26. The molecule has 0 fully saturated rings. The number of ketones is 1. The zero-order chi connectivity index (χ0) is 10.8. The van der Waals surface area contributed by atoms with Gasteiger partial charge in [-0.2, -0.15) is 0 Å². The number of aldehydes is 1. The number of hydrogen-bond donors (Lipinski definition) is 0. The maximum absolute atomic E-state index is 11.2. The third-order valence-corrected chi connectivity index (χ3v) is 2.93. The van der Waals surface area contributed by atoms with Crippen LogP contribution in [-0.4, -0.2) is 16.9 Å². The Morgan fingerprint density at radius 1 is 1.21 bits per heavy atom. The number of hydrogen-bond acceptors (Lipinski definition) is 2. The highest BCUT2D eigenvalue weighted by Crippen LogP contribution is 2.09. The molecule has 14 heavy (non-hydrogen) atoms. The lowest BCUT2D eigenvalue weighted by molar-refractivity contribution is -0.121.